The average Bonchev–Trinajstić information content (AvgIpc) is 2.02. The van der Waals surface area contributed by atoms with Gasteiger partial charge in [-0.2, -0.15) is 10.5 Å². The minimum atomic E-state index is -2.71. The fraction of sp³-hybridized carbons (Fsp3) is 0.778. The second kappa shape index (κ2) is 3.89. The van der Waals surface area contributed by atoms with Gasteiger partial charge in [0, 0.05) is 0 Å². The highest BCUT2D eigenvalue weighted by molar-refractivity contribution is 6.71. The minimum absolute atomic E-state index is 0.156. The Morgan fingerprint density at radius 3 is 2.00 bits per heavy atom. The standard InChI is InChI=1S/C9H15FN2Si/c1-8(13(3,4)10)5-9(2,6-11)7-12/h8H,5H2,1-4H3. The molecule has 0 aromatic heterocycles. The van der Waals surface area contributed by atoms with Crippen LogP contribution in [0.5, 0.6) is 0 Å². The molecule has 0 aliphatic heterocycles. The van der Waals surface area contributed by atoms with E-state index < -0.39 is 13.8 Å². The SMILES string of the molecule is CC(CC(C)(C#N)C#N)[Si](C)(C)F. The van der Waals surface area contributed by atoms with E-state index in [1.807, 2.05) is 12.1 Å². The molecule has 0 rings (SSSR count). The molecule has 1 unspecified atom stereocenters. The van der Waals surface area contributed by atoms with Crippen LogP contribution in [0.1, 0.15) is 20.3 Å². The van der Waals surface area contributed by atoms with Crippen molar-refractivity contribution >= 4 is 8.41 Å². The number of nitrogens with zero attached hydrogens (tertiary/aromatic N) is 2. The summed E-state index contributed by atoms with van der Waals surface area (Å²) in [4.78, 5) is 0. The van der Waals surface area contributed by atoms with E-state index in [2.05, 4.69) is 0 Å². The predicted molar refractivity (Wildman–Crippen MR) is 52.0 cm³/mol. The van der Waals surface area contributed by atoms with Crippen molar-refractivity contribution in [1.29, 1.82) is 10.5 Å². The van der Waals surface area contributed by atoms with Crippen molar-refractivity contribution in [3.05, 3.63) is 0 Å². The molecule has 0 aliphatic carbocycles. The third kappa shape index (κ3) is 3.56. The number of halogens is 1. The molecule has 0 N–H and O–H groups in total. The van der Waals surface area contributed by atoms with Gasteiger partial charge in [0.1, 0.15) is 5.41 Å². The van der Waals surface area contributed by atoms with Crippen molar-refractivity contribution < 1.29 is 4.11 Å². The molecular formula is C9H15FN2Si. The molecule has 0 fully saturated rings. The summed E-state index contributed by atoms with van der Waals surface area (Å²) in [5.41, 5.74) is -1.19. The molecular weight excluding hydrogens is 183 g/mol. The van der Waals surface area contributed by atoms with E-state index in [9.17, 15) is 4.11 Å². The first kappa shape index (κ1) is 12.1. The Labute approximate surface area is 80.2 Å². The van der Waals surface area contributed by atoms with Gasteiger partial charge in [-0.1, -0.05) is 6.92 Å². The van der Waals surface area contributed by atoms with E-state index >= 15 is 0 Å². The highest BCUT2D eigenvalue weighted by Crippen LogP contribution is 2.34. The number of hydrogen-bond donors (Lipinski definition) is 0. The molecule has 0 bridgehead atoms. The highest BCUT2D eigenvalue weighted by Gasteiger charge is 2.36. The van der Waals surface area contributed by atoms with Gasteiger partial charge in [0.2, 0.25) is 8.41 Å². The molecule has 0 aliphatic rings. The van der Waals surface area contributed by atoms with Gasteiger partial charge in [-0.05, 0) is 32.0 Å². The van der Waals surface area contributed by atoms with E-state index in [1.165, 1.54) is 0 Å². The van der Waals surface area contributed by atoms with Crippen LogP contribution in [0.25, 0.3) is 0 Å². The molecule has 0 saturated heterocycles. The van der Waals surface area contributed by atoms with Crippen LogP contribution in [0, 0.1) is 28.1 Å². The molecule has 0 aromatic carbocycles. The Morgan fingerprint density at radius 2 is 1.77 bits per heavy atom. The van der Waals surface area contributed by atoms with E-state index in [1.54, 1.807) is 26.9 Å². The van der Waals surface area contributed by atoms with Gasteiger partial charge in [0.05, 0.1) is 12.1 Å². The minimum Gasteiger partial charge on any atom is -0.314 e. The van der Waals surface area contributed by atoms with Gasteiger partial charge in [-0.3, -0.25) is 0 Å². The third-order valence-electron chi connectivity index (χ3n) is 2.38. The van der Waals surface area contributed by atoms with E-state index in [-0.39, 0.29) is 5.54 Å². The molecule has 72 valence electrons. The summed E-state index contributed by atoms with van der Waals surface area (Å²) in [5, 5.41) is 17.4. The van der Waals surface area contributed by atoms with Crippen molar-refractivity contribution in [3.8, 4) is 12.1 Å². The van der Waals surface area contributed by atoms with Crippen molar-refractivity contribution in [2.45, 2.75) is 38.9 Å². The van der Waals surface area contributed by atoms with E-state index in [0.29, 0.717) is 6.42 Å². The van der Waals surface area contributed by atoms with Crippen molar-refractivity contribution in [2.75, 3.05) is 0 Å². The first-order chi connectivity index (χ1) is 5.75. The van der Waals surface area contributed by atoms with Gasteiger partial charge in [0.15, 0.2) is 0 Å². The molecule has 0 radical (unpaired) electrons. The fourth-order valence-corrected chi connectivity index (χ4v) is 1.87. The Kier molecular flexibility index (Phi) is 3.63. The number of rotatable bonds is 3. The predicted octanol–water partition coefficient (Wildman–Crippen LogP) is 2.99. The second-order valence-electron chi connectivity index (χ2n) is 4.23. The summed E-state index contributed by atoms with van der Waals surface area (Å²) >= 11 is 0. The Hall–Kier alpha value is -0.873. The third-order valence-corrected chi connectivity index (χ3v) is 4.93. The first-order valence-corrected chi connectivity index (χ1v) is 7.22. The zero-order chi connectivity index (χ0) is 10.7. The van der Waals surface area contributed by atoms with Crippen molar-refractivity contribution in [2.24, 2.45) is 5.41 Å². The Morgan fingerprint density at radius 1 is 1.38 bits per heavy atom. The molecule has 1 atom stereocenters. The van der Waals surface area contributed by atoms with Crippen LogP contribution in [0.4, 0.5) is 4.11 Å². The van der Waals surface area contributed by atoms with Crippen LogP contribution in [0.3, 0.4) is 0 Å². The summed E-state index contributed by atoms with van der Waals surface area (Å²) in [6.07, 6.45) is 0.329. The molecule has 4 heteroatoms. The molecule has 13 heavy (non-hydrogen) atoms. The molecule has 0 spiro atoms. The van der Waals surface area contributed by atoms with Crippen LogP contribution in [0.15, 0.2) is 0 Å². The fourth-order valence-electron chi connectivity index (χ4n) is 0.971. The van der Waals surface area contributed by atoms with Gasteiger partial charge in [-0.25, -0.2) is 0 Å². The van der Waals surface area contributed by atoms with Crippen molar-refractivity contribution in [1.82, 2.24) is 0 Å². The maximum absolute atomic E-state index is 13.5. The van der Waals surface area contributed by atoms with Gasteiger partial charge in [-0.15, -0.1) is 0 Å². The van der Waals surface area contributed by atoms with Crippen LogP contribution >= 0.6 is 0 Å². The summed E-state index contributed by atoms with van der Waals surface area (Å²) in [7, 11) is -2.71. The lowest BCUT2D eigenvalue weighted by Gasteiger charge is -2.24. The molecule has 0 aromatic rings. The topological polar surface area (TPSA) is 47.6 Å². The largest absolute Gasteiger partial charge is 0.314 e. The van der Waals surface area contributed by atoms with E-state index in [4.69, 9.17) is 10.5 Å². The maximum atomic E-state index is 13.5. The zero-order valence-corrected chi connectivity index (χ0v) is 9.56. The summed E-state index contributed by atoms with van der Waals surface area (Å²) in [6.45, 7) is 6.54. The Balaban J connectivity index is 4.49. The van der Waals surface area contributed by atoms with Gasteiger partial charge in [0.25, 0.3) is 0 Å². The lowest BCUT2D eigenvalue weighted by molar-refractivity contribution is 0.498. The smallest absolute Gasteiger partial charge is 0.243 e. The molecule has 0 saturated carbocycles. The normalized spacial score (nSPS) is 14.4. The summed E-state index contributed by atoms with van der Waals surface area (Å²) in [6, 6.07) is 3.85. The maximum Gasteiger partial charge on any atom is 0.243 e. The summed E-state index contributed by atoms with van der Waals surface area (Å²) in [5.74, 6) is 0. The van der Waals surface area contributed by atoms with Crippen LogP contribution in [-0.4, -0.2) is 8.41 Å². The monoisotopic (exact) mass is 198 g/mol. The molecule has 0 amide bonds. The zero-order valence-electron chi connectivity index (χ0n) is 8.56. The lowest BCUT2D eigenvalue weighted by atomic mass is 9.89. The average molecular weight is 198 g/mol. The first-order valence-electron chi connectivity index (χ1n) is 4.26. The van der Waals surface area contributed by atoms with Crippen molar-refractivity contribution in [3.63, 3.8) is 0 Å². The van der Waals surface area contributed by atoms with Crippen LogP contribution < -0.4 is 0 Å². The molecule has 0 heterocycles. The quantitative estimate of drug-likeness (QED) is 0.517. The van der Waals surface area contributed by atoms with Crippen LogP contribution in [-0.2, 0) is 0 Å². The summed E-state index contributed by atoms with van der Waals surface area (Å²) < 4.78 is 13.5. The number of nitriles is 2. The second-order valence-corrected chi connectivity index (χ2v) is 8.34. The molecule has 2 nitrogen and oxygen atoms in total. The van der Waals surface area contributed by atoms with Gasteiger partial charge >= 0.3 is 0 Å². The van der Waals surface area contributed by atoms with Gasteiger partial charge < -0.3 is 4.11 Å². The number of hydrogen-bond acceptors (Lipinski definition) is 2. The highest BCUT2D eigenvalue weighted by atomic mass is 28.4. The lowest BCUT2D eigenvalue weighted by Crippen LogP contribution is -2.28. The van der Waals surface area contributed by atoms with Crippen LogP contribution in [0.2, 0.25) is 18.6 Å². The van der Waals surface area contributed by atoms with E-state index in [0.717, 1.165) is 0 Å². The Bertz CT molecular complexity index is 242.